The third kappa shape index (κ3) is 3.24. The highest BCUT2D eigenvalue weighted by atomic mass is 79.9. The molecule has 34 heavy (non-hydrogen) atoms. The molecule has 6 rings (SSSR count). The van der Waals surface area contributed by atoms with E-state index in [-0.39, 0.29) is 0 Å². The Bertz CT molecular complexity index is 1700. The number of imidazole rings is 1. The van der Waals surface area contributed by atoms with Gasteiger partial charge in [0.2, 0.25) is 0 Å². The van der Waals surface area contributed by atoms with E-state index in [2.05, 4.69) is 69.0 Å². The molecule has 6 aromatic rings. The Labute approximate surface area is 205 Å². The van der Waals surface area contributed by atoms with Crippen molar-refractivity contribution in [3.05, 3.63) is 95.6 Å². The highest BCUT2D eigenvalue weighted by Gasteiger charge is 2.22. The molecule has 5 heteroatoms. The van der Waals surface area contributed by atoms with E-state index < -0.39 is 0 Å². The fourth-order valence-corrected chi connectivity index (χ4v) is 5.10. The number of hydrogen-bond donors (Lipinski definition) is 0. The molecular weight excluding hydrogens is 488 g/mol. The number of nitrogens with zero attached hydrogens (tertiary/aromatic N) is 2. The first-order chi connectivity index (χ1) is 16.7. The maximum atomic E-state index is 5.60. The quantitative estimate of drug-likeness (QED) is 0.244. The lowest BCUT2D eigenvalue weighted by Gasteiger charge is -2.18. The largest absolute Gasteiger partial charge is 0.497 e. The number of rotatable bonds is 4. The van der Waals surface area contributed by atoms with Crippen molar-refractivity contribution in [2.45, 2.75) is 0 Å². The summed E-state index contributed by atoms with van der Waals surface area (Å²) in [4.78, 5) is 5.06. The highest BCUT2D eigenvalue weighted by molar-refractivity contribution is 9.10. The highest BCUT2D eigenvalue weighted by Crippen LogP contribution is 2.46. The van der Waals surface area contributed by atoms with Gasteiger partial charge >= 0.3 is 0 Å². The van der Waals surface area contributed by atoms with Gasteiger partial charge in [-0.15, -0.1) is 0 Å². The fraction of sp³-hybridized carbons (Fsp3) is 0.0690. The minimum absolute atomic E-state index is 0.811. The molecule has 0 aliphatic rings. The topological polar surface area (TPSA) is 35.8 Å². The molecule has 4 aromatic carbocycles. The van der Waals surface area contributed by atoms with Crippen molar-refractivity contribution in [1.29, 1.82) is 0 Å². The molecule has 2 aromatic heterocycles. The van der Waals surface area contributed by atoms with Gasteiger partial charge in [-0.3, -0.25) is 4.40 Å². The van der Waals surface area contributed by atoms with Crippen LogP contribution in [0.25, 0.3) is 49.7 Å². The summed E-state index contributed by atoms with van der Waals surface area (Å²) in [6.07, 6.45) is 2.08. The van der Waals surface area contributed by atoms with Crippen LogP contribution in [0, 0.1) is 0 Å². The smallest absolute Gasteiger partial charge is 0.137 e. The van der Waals surface area contributed by atoms with Crippen LogP contribution in [0.5, 0.6) is 11.5 Å². The average molecular weight is 509 g/mol. The summed E-state index contributed by atoms with van der Waals surface area (Å²) >= 11 is 3.70. The number of aromatic nitrogens is 2. The molecular formula is C29H21BrN2O2. The summed E-state index contributed by atoms with van der Waals surface area (Å²) in [6, 6.07) is 29.0. The first-order valence-electron chi connectivity index (χ1n) is 11.0. The molecule has 0 bridgehead atoms. The molecule has 4 nitrogen and oxygen atoms in total. The van der Waals surface area contributed by atoms with Gasteiger partial charge in [0.25, 0.3) is 0 Å². The zero-order valence-corrected chi connectivity index (χ0v) is 20.3. The van der Waals surface area contributed by atoms with Gasteiger partial charge in [0.05, 0.1) is 25.3 Å². The summed E-state index contributed by atoms with van der Waals surface area (Å²) in [7, 11) is 3.40. The summed E-state index contributed by atoms with van der Waals surface area (Å²) in [6.45, 7) is 0. The lowest BCUT2D eigenvalue weighted by molar-refractivity contribution is 0.415. The second-order valence-corrected chi connectivity index (χ2v) is 9.06. The number of pyridine rings is 1. The van der Waals surface area contributed by atoms with E-state index in [1.54, 1.807) is 14.2 Å². The van der Waals surface area contributed by atoms with Gasteiger partial charge in [0.1, 0.15) is 17.1 Å². The zero-order chi connectivity index (χ0) is 23.2. The van der Waals surface area contributed by atoms with E-state index in [1.165, 1.54) is 0 Å². The van der Waals surface area contributed by atoms with Gasteiger partial charge in [0.15, 0.2) is 0 Å². The monoisotopic (exact) mass is 508 g/mol. The minimum Gasteiger partial charge on any atom is -0.497 e. The molecule has 0 aliphatic heterocycles. The van der Waals surface area contributed by atoms with E-state index in [0.29, 0.717) is 0 Å². The molecule has 2 heterocycles. The third-order valence-corrected chi connectivity index (χ3v) is 6.73. The Hall–Kier alpha value is -3.83. The Balaban J connectivity index is 1.90. The van der Waals surface area contributed by atoms with E-state index >= 15 is 0 Å². The normalized spacial score (nSPS) is 11.4. The van der Waals surface area contributed by atoms with Crippen LogP contribution in [0.4, 0.5) is 0 Å². The predicted octanol–water partition coefficient (Wildman–Crippen LogP) is 7.75. The zero-order valence-electron chi connectivity index (χ0n) is 18.7. The van der Waals surface area contributed by atoms with Crippen molar-refractivity contribution in [3.8, 4) is 33.8 Å². The number of fused-ring (bicyclic) bond motifs is 5. The number of benzene rings is 4. The molecule has 0 fully saturated rings. The van der Waals surface area contributed by atoms with E-state index in [0.717, 1.165) is 65.7 Å². The van der Waals surface area contributed by atoms with Crippen LogP contribution in [0.1, 0.15) is 0 Å². The van der Waals surface area contributed by atoms with Gasteiger partial charge in [0, 0.05) is 21.6 Å². The van der Waals surface area contributed by atoms with Crippen LogP contribution in [-0.4, -0.2) is 23.6 Å². The molecule has 0 aliphatic carbocycles. The van der Waals surface area contributed by atoms with E-state index in [9.17, 15) is 0 Å². The van der Waals surface area contributed by atoms with Gasteiger partial charge in [-0.25, -0.2) is 4.98 Å². The van der Waals surface area contributed by atoms with Crippen LogP contribution in [0.3, 0.4) is 0 Å². The Morgan fingerprint density at radius 2 is 1.41 bits per heavy atom. The van der Waals surface area contributed by atoms with Crippen LogP contribution < -0.4 is 9.47 Å². The molecule has 0 spiro atoms. The fourth-order valence-electron chi connectivity index (χ4n) is 4.74. The minimum atomic E-state index is 0.811. The van der Waals surface area contributed by atoms with Gasteiger partial charge in [-0.1, -0.05) is 52.3 Å². The van der Waals surface area contributed by atoms with Crippen molar-refractivity contribution < 1.29 is 9.47 Å². The number of ether oxygens (including phenoxy) is 2. The standard InChI is InChI=1S/C29H21BrN2O2/c1-33-21-9-5-7-18(15-21)26-24-17-20(30)12-13-23(24)28-29(32-14-4-3-11-25(32)31-28)27(26)19-8-6-10-22(16-19)34-2/h3-17H,1-2H3. The van der Waals surface area contributed by atoms with Gasteiger partial charge in [-0.2, -0.15) is 0 Å². The third-order valence-electron chi connectivity index (χ3n) is 6.24. The molecule has 0 radical (unpaired) electrons. The molecule has 0 N–H and O–H groups in total. The summed E-state index contributed by atoms with van der Waals surface area (Å²) in [5.41, 5.74) is 7.32. The Morgan fingerprint density at radius 1 is 0.706 bits per heavy atom. The van der Waals surface area contributed by atoms with Crippen molar-refractivity contribution >= 4 is 43.4 Å². The number of halogens is 1. The molecule has 166 valence electrons. The lowest BCUT2D eigenvalue weighted by atomic mass is 9.88. The number of hydrogen-bond acceptors (Lipinski definition) is 3. The molecule has 0 atom stereocenters. The first-order valence-corrected chi connectivity index (χ1v) is 11.8. The predicted molar refractivity (Wildman–Crippen MR) is 142 cm³/mol. The van der Waals surface area contributed by atoms with Crippen molar-refractivity contribution in [2.75, 3.05) is 14.2 Å². The molecule has 0 saturated carbocycles. The maximum absolute atomic E-state index is 5.60. The molecule has 0 unspecified atom stereocenters. The van der Waals surface area contributed by atoms with Crippen LogP contribution in [-0.2, 0) is 0 Å². The second-order valence-electron chi connectivity index (χ2n) is 8.14. The van der Waals surface area contributed by atoms with Gasteiger partial charge in [-0.05, 0) is 70.6 Å². The summed E-state index contributed by atoms with van der Waals surface area (Å²) < 4.78 is 14.4. The first kappa shape index (κ1) is 20.8. The van der Waals surface area contributed by atoms with Crippen LogP contribution >= 0.6 is 15.9 Å². The van der Waals surface area contributed by atoms with Crippen molar-refractivity contribution in [3.63, 3.8) is 0 Å². The van der Waals surface area contributed by atoms with Crippen molar-refractivity contribution in [2.24, 2.45) is 0 Å². The lowest BCUT2D eigenvalue weighted by Crippen LogP contribution is -1.95. The summed E-state index contributed by atoms with van der Waals surface area (Å²) in [5, 5.41) is 2.22. The van der Waals surface area contributed by atoms with Crippen LogP contribution in [0.2, 0.25) is 0 Å². The Morgan fingerprint density at radius 3 is 2.12 bits per heavy atom. The molecule has 0 amide bonds. The number of methoxy groups -OCH3 is 2. The molecule has 0 saturated heterocycles. The van der Waals surface area contributed by atoms with E-state index in [1.807, 2.05) is 42.5 Å². The van der Waals surface area contributed by atoms with Crippen molar-refractivity contribution in [1.82, 2.24) is 9.38 Å². The summed E-state index contributed by atoms with van der Waals surface area (Å²) in [5.74, 6) is 1.63. The Kier molecular flexibility index (Phi) is 5.00. The second kappa shape index (κ2) is 8.19. The van der Waals surface area contributed by atoms with Gasteiger partial charge < -0.3 is 9.47 Å². The van der Waals surface area contributed by atoms with Crippen LogP contribution in [0.15, 0.2) is 95.6 Å². The maximum Gasteiger partial charge on any atom is 0.137 e. The van der Waals surface area contributed by atoms with E-state index in [4.69, 9.17) is 14.5 Å². The average Bonchev–Trinajstić information content (AvgIpc) is 3.27. The SMILES string of the molecule is COc1cccc(-c2c(-c3cccc(OC)c3)c3c(nc4ccccn43)c3ccc(Br)cc23)c1.